The monoisotopic (exact) mass is 515 g/mol. The molecular formula is C25H27BrClN3O2. The Bertz CT molecular complexity index is 1090. The molecule has 0 unspecified atom stereocenters. The maximum absolute atomic E-state index is 13.1. The minimum Gasteiger partial charge on any atom is -0.379 e. The second kappa shape index (κ2) is 11.1. The van der Waals surface area contributed by atoms with Crippen molar-refractivity contribution in [1.82, 2.24) is 15.2 Å². The molecule has 0 aliphatic carbocycles. The largest absolute Gasteiger partial charge is 0.379 e. The molecule has 168 valence electrons. The summed E-state index contributed by atoms with van der Waals surface area (Å²) >= 11 is 9.50. The van der Waals surface area contributed by atoms with E-state index in [0.717, 1.165) is 72.3 Å². The number of aromatic nitrogens is 1. The summed E-state index contributed by atoms with van der Waals surface area (Å²) in [5.74, 6) is -0.0549. The number of hydrogen-bond acceptors (Lipinski definition) is 3. The van der Waals surface area contributed by atoms with Crippen LogP contribution in [0, 0.1) is 0 Å². The van der Waals surface area contributed by atoms with Crippen molar-refractivity contribution in [3.8, 4) is 0 Å². The Hall–Kier alpha value is -2.12. The number of hydrogen-bond donors (Lipinski definition) is 2. The number of morpholine rings is 1. The van der Waals surface area contributed by atoms with Gasteiger partial charge in [-0.3, -0.25) is 9.69 Å². The zero-order valence-corrected chi connectivity index (χ0v) is 20.2. The van der Waals surface area contributed by atoms with Gasteiger partial charge in [-0.15, -0.1) is 0 Å². The maximum Gasteiger partial charge on any atom is 0.254 e. The van der Waals surface area contributed by atoms with Crippen LogP contribution in [-0.4, -0.2) is 55.2 Å². The average molecular weight is 517 g/mol. The van der Waals surface area contributed by atoms with Gasteiger partial charge in [0.05, 0.1) is 24.5 Å². The lowest BCUT2D eigenvalue weighted by Crippen LogP contribution is -2.37. The lowest BCUT2D eigenvalue weighted by molar-refractivity contribution is 0.0372. The quantitative estimate of drug-likeness (QED) is 0.383. The second-order valence-corrected chi connectivity index (χ2v) is 9.26. The van der Waals surface area contributed by atoms with Crippen LogP contribution in [0.2, 0.25) is 5.02 Å². The van der Waals surface area contributed by atoms with Crippen LogP contribution >= 0.6 is 27.5 Å². The van der Waals surface area contributed by atoms with Gasteiger partial charge in [-0.2, -0.15) is 0 Å². The SMILES string of the molecule is O=C(NCCCCN1CCOCC1)c1c(/C=C/c2ccc(Cl)cc2)[nH]c2cc(Br)ccc12. The Balaban J connectivity index is 1.44. The van der Waals surface area contributed by atoms with Crippen molar-refractivity contribution in [3.05, 3.63) is 68.8 Å². The van der Waals surface area contributed by atoms with Crippen LogP contribution in [0.4, 0.5) is 0 Å². The fourth-order valence-corrected chi connectivity index (χ4v) is 4.38. The van der Waals surface area contributed by atoms with Crippen LogP contribution < -0.4 is 5.32 Å². The summed E-state index contributed by atoms with van der Waals surface area (Å²) in [4.78, 5) is 18.9. The van der Waals surface area contributed by atoms with Crippen molar-refractivity contribution in [2.45, 2.75) is 12.8 Å². The van der Waals surface area contributed by atoms with E-state index in [1.165, 1.54) is 0 Å². The Morgan fingerprint density at radius 1 is 1.12 bits per heavy atom. The van der Waals surface area contributed by atoms with Crippen molar-refractivity contribution in [2.75, 3.05) is 39.4 Å². The van der Waals surface area contributed by atoms with Gasteiger partial charge >= 0.3 is 0 Å². The number of H-pyrrole nitrogens is 1. The van der Waals surface area contributed by atoms with Crippen LogP contribution in [0.5, 0.6) is 0 Å². The topological polar surface area (TPSA) is 57.4 Å². The fraction of sp³-hybridized carbons (Fsp3) is 0.320. The summed E-state index contributed by atoms with van der Waals surface area (Å²) < 4.78 is 6.36. The number of carbonyl (C=O) groups is 1. The molecule has 32 heavy (non-hydrogen) atoms. The van der Waals surface area contributed by atoms with Gasteiger partial charge in [0, 0.05) is 40.0 Å². The molecule has 0 spiro atoms. The minimum absolute atomic E-state index is 0.0549. The third-order valence-electron chi connectivity index (χ3n) is 5.62. The standard InChI is InChI=1S/C25H27BrClN3O2/c26-19-6-9-21-23(17-19)29-22(10-5-18-3-7-20(27)8-4-18)24(21)25(31)28-11-1-2-12-30-13-15-32-16-14-30/h3-10,17,29H,1-2,11-16H2,(H,28,31)/b10-5+. The lowest BCUT2D eigenvalue weighted by atomic mass is 10.1. The summed E-state index contributed by atoms with van der Waals surface area (Å²) in [6.07, 6.45) is 5.94. The highest BCUT2D eigenvalue weighted by Gasteiger charge is 2.17. The van der Waals surface area contributed by atoms with E-state index in [4.69, 9.17) is 16.3 Å². The highest BCUT2D eigenvalue weighted by atomic mass is 79.9. The van der Waals surface area contributed by atoms with E-state index in [1.807, 2.05) is 54.6 Å². The van der Waals surface area contributed by atoms with E-state index in [0.29, 0.717) is 17.1 Å². The number of nitrogens with zero attached hydrogens (tertiary/aromatic N) is 1. The van der Waals surface area contributed by atoms with E-state index in [1.54, 1.807) is 0 Å². The maximum atomic E-state index is 13.1. The van der Waals surface area contributed by atoms with Crippen molar-refractivity contribution in [1.29, 1.82) is 0 Å². The number of rotatable bonds is 8. The minimum atomic E-state index is -0.0549. The first kappa shape index (κ1) is 23.1. The molecule has 0 bridgehead atoms. The summed E-state index contributed by atoms with van der Waals surface area (Å²) in [5.41, 5.74) is 3.40. The first-order valence-electron chi connectivity index (χ1n) is 10.9. The number of amides is 1. The summed E-state index contributed by atoms with van der Waals surface area (Å²) in [6.45, 7) is 5.35. The first-order chi connectivity index (χ1) is 15.6. The van der Waals surface area contributed by atoms with E-state index in [9.17, 15) is 4.79 Å². The molecule has 3 aromatic rings. The van der Waals surface area contributed by atoms with Gasteiger partial charge in [0.2, 0.25) is 0 Å². The number of aromatic amines is 1. The van der Waals surface area contributed by atoms with Crippen molar-refractivity contribution in [2.24, 2.45) is 0 Å². The van der Waals surface area contributed by atoms with Crippen molar-refractivity contribution < 1.29 is 9.53 Å². The Morgan fingerprint density at radius 3 is 2.69 bits per heavy atom. The number of unbranched alkanes of at least 4 members (excludes halogenated alkanes) is 1. The number of halogens is 2. The van der Waals surface area contributed by atoms with E-state index in [2.05, 4.69) is 31.1 Å². The van der Waals surface area contributed by atoms with Gasteiger partial charge in [0.1, 0.15) is 0 Å². The van der Waals surface area contributed by atoms with Gasteiger partial charge in [-0.05, 0) is 55.3 Å². The normalized spacial score (nSPS) is 14.9. The van der Waals surface area contributed by atoms with E-state index >= 15 is 0 Å². The van der Waals surface area contributed by atoms with Crippen LogP contribution in [0.1, 0.15) is 34.5 Å². The molecule has 1 aliphatic heterocycles. The molecule has 1 aliphatic rings. The molecule has 0 atom stereocenters. The number of carbonyl (C=O) groups excluding carboxylic acids is 1. The van der Waals surface area contributed by atoms with Crippen molar-refractivity contribution >= 4 is 56.5 Å². The lowest BCUT2D eigenvalue weighted by Gasteiger charge is -2.26. The van der Waals surface area contributed by atoms with Crippen LogP contribution in [-0.2, 0) is 4.74 Å². The number of benzene rings is 2. The Labute approximate surface area is 201 Å². The van der Waals surface area contributed by atoms with E-state index < -0.39 is 0 Å². The zero-order valence-electron chi connectivity index (χ0n) is 17.9. The molecule has 5 nitrogen and oxygen atoms in total. The van der Waals surface area contributed by atoms with Crippen LogP contribution in [0.3, 0.4) is 0 Å². The molecule has 0 radical (unpaired) electrons. The number of nitrogens with one attached hydrogen (secondary N) is 2. The Kier molecular flexibility index (Phi) is 8.03. The van der Waals surface area contributed by atoms with E-state index in [-0.39, 0.29) is 5.91 Å². The second-order valence-electron chi connectivity index (χ2n) is 7.91. The predicted molar refractivity (Wildman–Crippen MR) is 135 cm³/mol. The molecule has 4 rings (SSSR count). The Morgan fingerprint density at radius 2 is 1.91 bits per heavy atom. The zero-order chi connectivity index (χ0) is 22.3. The summed E-state index contributed by atoms with van der Waals surface area (Å²) in [6, 6.07) is 13.5. The average Bonchev–Trinajstić information content (AvgIpc) is 3.16. The summed E-state index contributed by atoms with van der Waals surface area (Å²) in [5, 5.41) is 4.72. The molecule has 0 saturated carbocycles. The van der Waals surface area contributed by atoms with Gasteiger partial charge < -0.3 is 15.0 Å². The van der Waals surface area contributed by atoms with Crippen molar-refractivity contribution in [3.63, 3.8) is 0 Å². The van der Waals surface area contributed by atoms with Gasteiger partial charge in [-0.1, -0.05) is 51.8 Å². The third kappa shape index (κ3) is 6.01. The number of fused-ring (bicyclic) bond motifs is 1. The van der Waals surface area contributed by atoms with Gasteiger partial charge in [-0.25, -0.2) is 0 Å². The highest BCUT2D eigenvalue weighted by Crippen LogP contribution is 2.27. The molecular weight excluding hydrogens is 490 g/mol. The van der Waals surface area contributed by atoms with Gasteiger partial charge in [0.25, 0.3) is 5.91 Å². The predicted octanol–water partition coefficient (Wildman–Crippen LogP) is 5.60. The molecule has 2 heterocycles. The van der Waals surface area contributed by atoms with Crippen LogP contribution in [0.15, 0.2) is 46.9 Å². The molecule has 2 aromatic carbocycles. The van der Waals surface area contributed by atoms with Crippen LogP contribution in [0.25, 0.3) is 23.1 Å². The molecule has 7 heteroatoms. The highest BCUT2D eigenvalue weighted by molar-refractivity contribution is 9.10. The summed E-state index contributed by atoms with van der Waals surface area (Å²) in [7, 11) is 0. The molecule has 1 aromatic heterocycles. The molecule has 1 saturated heterocycles. The smallest absolute Gasteiger partial charge is 0.254 e. The van der Waals surface area contributed by atoms with Gasteiger partial charge in [0.15, 0.2) is 0 Å². The third-order valence-corrected chi connectivity index (χ3v) is 6.36. The molecule has 1 fully saturated rings. The fourth-order valence-electron chi connectivity index (χ4n) is 3.89. The first-order valence-corrected chi connectivity index (χ1v) is 12.1. The molecule has 1 amide bonds. The molecule has 2 N–H and O–H groups in total. The number of ether oxygens (including phenoxy) is 1.